The topological polar surface area (TPSA) is 89.9 Å². The zero-order chi connectivity index (χ0) is 15.0. The van der Waals surface area contributed by atoms with Crippen molar-refractivity contribution in [2.75, 3.05) is 0 Å². The van der Waals surface area contributed by atoms with Crippen LogP contribution in [0.25, 0.3) is 4.96 Å². The van der Waals surface area contributed by atoms with Crippen LogP contribution in [0.3, 0.4) is 0 Å². The molecule has 0 spiro atoms. The molecule has 0 atom stereocenters. The quantitative estimate of drug-likeness (QED) is 0.591. The Hall–Kier alpha value is -2.45. The lowest BCUT2D eigenvalue weighted by molar-refractivity contribution is -0.385. The molecule has 2 aromatic heterocycles. The highest BCUT2D eigenvalue weighted by Crippen LogP contribution is 2.34. The Labute approximate surface area is 123 Å². The third-order valence-corrected chi connectivity index (χ3v) is 3.75. The molecule has 8 heteroatoms. The van der Waals surface area contributed by atoms with Gasteiger partial charge >= 0.3 is 5.69 Å². The number of fused-ring (bicyclic) bond motifs is 1. The number of aliphatic hydroxyl groups is 1. The lowest BCUT2D eigenvalue weighted by Crippen LogP contribution is -1.97. The largest absolute Gasteiger partial charge is 0.430 e. The number of thiazole rings is 1. The summed E-state index contributed by atoms with van der Waals surface area (Å²) in [5.41, 5.74) is 1.10. The summed E-state index contributed by atoms with van der Waals surface area (Å²) in [5, 5.41) is 22.4. The number of imidazole rings is 1. The van der Waals surface area contributed by atoms with Gasteiger partial charge in [0.25, 0.3) is 0 Å². The lowest BCUT2D eigenvalue weighted by Gasteiger charge is -2.06. The average molecular weight is 305 g/mol. The van der Waals surface area contributed by atoms with Gasteiger partial charge < -0.3 is 9.84 Å². The zero-order valence-electron chi connectivity index (χ0n) is 11.0. The van der Waals surface area contributed by atoms with E-state index in [1.54, 1.807) is 23.6 Å². The van der Waals surface area contributed by atoms with Gasteiger partial charge in [0.1, 0.15) is 5.69 Å². The molecule has 0 aliphatic carbocycles. The number of aryl methyl sites for hydroxylation is 1. The summed E-state index contributed by atoms with van der Waals surface area (Å²) >= 11 is 1.39. The van der Waals surface area contributed by atoms with Gasteiger partial charge in [-0.05, 0) is 18.6 Å². The molecule has 2 heterocycles. The van der Waals surface area contributed by atoms with E-state index >= 15 is 0 Å². The van der Waals surface area contributed by atoms with E-state index in [0.29, 0.717) is 10.7 Å². The second-order valence-electron chi connectivity index (χ2n) is 4.41. The molecule has 7 nitrogen and oxygen atoms in total. The van der Waals surface area contributed by atoms with E-state index in [1.165, 1.54) is 23.5 Å². The first kappa shape index (κ1) is 13.5. The minimum absolute atomic E-state index is 0.103. The van der Waals surface area contributed by atoms with Crippen molar-refractivity contribution in [3.05, 3.63) is 51.1 Å². The molecule has 3 rings (SSSR count). The Morgan fingerprint density at radius 2 is 2.33 bits per heavy atom. The van der Waals surface area contributed by atoms with Crippen LogP contribution in [0.5, 0.6) is 11.6 Å². The monoisotopic (exact) mass is 305 g/mol. The van der Waals surface area contributed by atoms with Crippen LogP contribution in [0.1, 0.15) is 11.3 Å². The van der Waals surface area contributed by atoms with Crippen molar-refractivity contribution in [1.82, 2.24) is 9.38 Å². The van der Waals surface area contributed by atoms with E-state index in [0.717, 1.165) is 5.56 Å². The lowest BCUT2D eigenvalue weighted by atomic mass is 10.2. The van der Waals surface area contributed by atoms with Gasteiger partial charge in [-0.15, -0.1) is 11.3 Å². The predicted octanol–water partition coefficient (Wildman–Crippen LogP) is 2.90. The summed E-state index contributed by atoms with van der Waals surface area (Å²) in [6.45, 7) is 1.50. The normalized spacial score (nSPS) is 11.0. The molecule has 0 aliphatic heterocycles. The van der Waals surface area contributed by atoms with E-state index in [1.807, 2.05) is 5.38 Å². The molecule has 21 heavy (non-hydrogen) atoms. The average Bonchev–Trinajstić information content (AvgIpc) is 3.00. The fourth-order valence-corrected chi connectivity index (χ4v) is 2.72. The summed E-state index contributed by atoms with van der Waals surface area (Å²) in [6.07, 6.45) is 1.76. The second-order valence-corrected chi connectivity index (χ2v) is 5.28. The van der Waals surface area contributed by atoms with Crippen molar-refractivity contribution in [3.8, 4) is 11.6 Å². The molecular weight excluding hydrogens is 294 g/mol. The fourth-order valence-electron chi connectivity index (χ4n) is 2.00. The maximum absolute atomic E-state index is 11.1. The first-order chi connectivity index (χ1) is 10.1. The molecular formula is C13H11N3O4S. The Morgan fingerprint density at radius 1 is 1.52 bits per heavy atom. The molecule has 0 radical (unpaired) electrons. The first-order valence-corrected chi connectivity index (χ1v) is 6.96. The van der Waals surface area contributed by atoms with Gasteiger partial charge in [-0.1, -0.05) is 6.07 Å². The van der Waals surface area contributed by atoms with E-state index in [4.69, 9.17) is 4.74 Å². The van der Waals surface area contributed by atoms with Crippen LogP contribution >= 0.6 is 11.3 Å². The Balaban J connectivity index is 2.06. The van der Waals surface area contributed by atoms with Crippen molar-refractivity contribution in [2.45, 2.75) is 13.5 Å². The summed E-state index contributed by atoms with van der Waals surface area (Å²) in [6, 6.07) is 4.69. The third-order valence-electron chi connectivity index (χ3n) is 2.99. The van der Waals surface area contributed by atoms with Crippen LogP contribution in [0.15, 0.2) is 29.8 Å². The smallest absolute Gasteiger partial charge is 0.311 e. The van der Waals surface area contributed by atoms with Gasteiger partial charge in [-0.3, -0.25) is 14.5 Å². The van der Waals surface area contributed by atoms with Gasteiger partial charge in [-0.2, -0.15) is 4.98 Å². The molecule has 0 saturated heterocycles. The van der Waals surface area contributed by atoms with E-state index < -0.39 is 4.92 Å². The molecule has 0 amide bonds. The number of rotatable bonds is 4. The van der Waals surface area contributed by atoms with Gasteiger partial charge in [0, 0.05) is 17.6 Å². The molecule has 1 N–H and O–H groups in total. The van der Waals surface area contributed by atoms with Gasteiger partial charge in [0.2, 0.25) is 11.6 Å². The van der Waals surface area contributed by atoms with Crippen LogP contribution in [0, 0.1) is 17.0 Å². The number of aromatic nitrogens is 2. The third kappa shape index (κ3) is 2.34. The van der Waals surface area contributed by atoms with E-state index in [9.17, 15) is 15.2 Å². The highest BCUT2D eigenvalue weighted by Gasteiger charge is 2.20. The molecule has 0 aliphatic rings. The predicted molar refractivity (Wildman–Crippen MR) is 76.9 cm³/mol. The van der Waals surface area contributed by atoms with Crippen molar-refractivity contribution in [2.24, 2.45) is 0 Å². The van der Waals surface area contributed by atoms with Crippen LogP contribution in [0.2, 0.25) is 0 Å². The number of ether oxygens (including phenoxy) is 1. The van der Waals surface area contributed by atoms with Crippen LogP contribution in [-0.4, -0.2) is 19.4 Å². The highest BCUT2D eigenvalue weighted by atomic mass is 32.1. The maximum Gasteiger partial charge on any atom is 0.311 e. The highest BCUT2D eigenvalue weighted by molar-refractivity contribution is 7.15. The fraction of sp³-hybridized carbons (Fsp3) is 0.154. The van der Waals surface area contributed by atoms with Gasteiger partial charge in [0.05, 0.1) is 11.5 Å². The molecule has 108 valence electrons. The van der Waals surface area contributed by atoms with Crippen molar-refractivity contribution in [1.29, 1.82) is 0 Å². The molecule has 0 unspecified atom stereocenters. The molecule has 0 saturated carbocycles. The number of aliphatic hydroxyl groups excluding tert-OH is 1. The van der Waals surface area contributed by atoms with Crippen LogP contribution in [0.4, 0.5) is 5.69 Å². The van der Waals surface area contributed by atoms with Crippen LogP contribution in [-0.2, 0) is 6.61 Å². The standard InChI is InChI=1S/C13H11N3O4S/c1-8-2-3-11(9(6-8)16(18)19)20-12-10(7-17)15-4-5-21-13(15)14-12/h2-6,17H,7H2,1H3. The second kappa shape index (κ2) is 5.15. The molecule has 0 fully saturated rings. The van der Waals surface area contributed by atoms with Crippen molar-refractivity contribution < 1.29 is 14.8 Å². The SMILES string of the molecule is Cc1ccc(Oc2nc3sccn3c2CO)c([N+](=O)[O-])c1. The summed E-state index contributed by atoms with van der Waals surface area (Å²) in [7, 11) is 0. The Morgan fingerprint density at radius 3 is 3.05 bits per heavy atom. The molecule has 0 bridgehead atoms. The van der Waals surface area contributed by atoms with Crippen LogP contribution < -0.4 is 4.74 Å². The minimum Gasteiger partial charge on any atom is -0.430 e. The Bertz CT molecular complexity index is 824. The summed E-state index contributed by atoms with van der Waals surface area (Å²) < 4.78 is 7.26. The molecule has 1 aromatic carbocycles. The zero-order valence-corrected chi connectivity index (χ0v) is 11.8. The number of hydrogen-bond acceptors (Lipinski definition) is 6. The van der Waals surface area contributed by atoms with Crippen molar-refractivity contribution in [3.63, 3.8) is 0 Å². The number of nitro benzene ring substituents is 1. The van der Waals surface area contributed by atoms with Crippen molar-refractivity contribution >= 4 is 22.0 Å². The van der Waals surface area contributed by atoms with Gasteiger partial charge in [-0.25, -0.2) is 0 Å². The summed E-state index contributed by atoms with van der Waals surface area (Å²) in [4.78, 5) is 15.5. The summed E-state index contributed by atoms with van der Waals surface area (Å²) in [5.74, 6) is 0.280. The Kier molecular flexibility index (Phi) is 3.32. The van der Waals surface area contributed by atoms with E-state index in [-0.39, 0.29) is 23.9 Å². The first-order valence-electron chi connectivity index (χ1n) is 6.08. The van der Waals surface area contributed by atoms with E-state index in [2.05, 4.69) is 4.98 Å². The number of nitro groups is 1. The maximum atomic E-state index is 11.1. The number of nitrogens with zero attached hydrogens (tertiary/aromatic N) is 3. The number of hydrogen-bond donors (Lipinski definition) is 1. The van der Waals surface area contributed by atoms with Gasteiger partial charge in [0.15, 0.2) is 4.96 Å². The number of benzene rings is 1. The molecule has 3 aromatic rings. The minimum atomic E-state index is -0.501.